The second-order valence-corrected chi connectivity index (χ2v) is 10.9. The SMILES string of the molecule is Nc1ncnc2c1c1cc(-c3ccccc3)ccc1n2CC(=O)N1[C@@H]2C[C@@H]2C[C@H]1C(=O)Nc1cccc(Br)n1. The summed E-state index contributed by atoms with van der Waals surface area (Å²) in [5, 5.41) is 4.49. The van der Waals surface area contributed by atoms with Crippen LogP contribution in [-0.2, 0) is 16.1 Å². The van der Waals surface area contributed by atoms with Crippen LogP contribution in [-0.4, -0.2) is 48.3 Å². The highest BCUT2D eigenvalue weighted by molar-refractivity contribution is 9.10. The van der Waals surface area contributed by atoms with Crippen LogP contribution in [0, 0.1) is 5.92 Å². The minimum Gasteiger partial charge on any atom is -0.383 e. The van der Waals surface area contributed by atoms with Crippen molar-refractivity contribution < 1.29 is 9.59 Å². The lowest BCUT2D eigenvalue weighted by Crippen LogP contribution is -2.46. The number of carbonyl (C=O) groups excluding carboxylic acids is 2. The number of aromatic nitrogens is 4. The number of hydrogen-bond donors (Lipinski definition) is 2. The van der Waals surface area contributed by atoms with E-state index in [2.05, 4.69) is 54.4 Å². The van der Waals surface area contributed by atoms with Gasteiger partial charge >= 0.3 is 0 Å². The Labute approximate surface area is 232 Å². The Morgan fingerprint density at radius 1 is 1.00 bits per heavy atom. The molecule has 3 aromatic heterocycles. The predicted molar refractivity (Wildman–Crippen MR) is 153 cm³/mol. The predicted octanol–water partition coefficient (Wildman–Crippen LogP) is 4.62. The number of rotatable bonds is 5. The van der Waals surface area contributed by atoms with E-state index in [0.29, 0.717) is 34.2 Å². The van der Waals surface area contributed by atoms with Crippen LogP contribution in [0.15, 0.2) is 77.7 Å². The number of fused-ring (bicyclic) bond motifs is 4. The summed E-state index contributed by atoms with van der Waals surface area (Å²) in [6.07, 6.45) is 3.00. The Morgan fingerprint density at radius 3 is 2.67 bits per heavy atom. The van der Waals surface area contributed by atoms with Crippen molar-refractivity contribution in [3.05, 3.63) is 77.7 Å². The van der Waals surface area contributed by atoms with Crippen LogP contribution >= 0.6 is 15.9 Å². The highest BCUT2D eigenvalue weighted by Gasteiger charge is 2.56. The number of likely N-dealkylation sites (tertiary alicyclic amines) is 1. The van der Waals surface area contributed by atoms with Crippen molar-refractivity contribution in [1.29, 1.82) is 0 Å². The second-order valence-electron chi connectivity index (χ2n) is 10.1. The molecule has 0 spiro atoms. The van der Waals surface area contributed by atoms with E-state index in [-0.39, 0.29) is 24.4 Å². The number of anilines is 2. The summed E-state index contributed by atoms with van der Waals surface area (Å²) in [6.45, 7) is 0.0449. The van der Waals surface area contributed by atoms with E-state index in [9.17, 15) is 9.59 Å². The maximum atomic E-state index is 13.9. The number of carbonyl (C=O) groups is 2. The number of nitrogens with two attached hydrogens (primary N) is 1. The summed E-state index contributed by atoms with van der Waals surface area (Å²) in [7, 11) is 0. The number of halogens is 1. The average molecular weight is 582 g/mol. The summed E-state index contributed by atoms with van der Waals surface area (Å²) in [5.41, 5.74) is 9.89. The first-order valence-electron chi connectivity index (χ1n) is 12.8. The normalized spacial score (nSPS) is 19.8. The molecule has 2 aliphatic rings. The van der Waals surface area contributed by atoms with E-state index < -0.39 is 6.04 Å². The number of nitrogens with zero attached hydrogens (tertiary/aromatic N) is 5. The van der Waals surface area contributed by atoms with Gasteiger partial charge in [0, 0.05) is 11.4 Å². The van der Waals surface area contributed by atoms with Gasteiger partial charge in [-0.3, -0.25) is 9.59 Å². The molecule has 7 rings (SSSR count). The lowest BCUT2D eigenvalue weighted by molar-refractivity contribution is -0.138. The Bertz CT molecular complexity index is 1770. The van der Waals surface area contributed by atoms with Gasteiger partial charge < -0.3 is 20.5 Å². The molecule has 9 nitrogen and oxygen atoms in total. The van der Waals surface area contributed by atoms with Gasteiger partial charge in [-0.2, -0.15) is 0 Å². The number of piperidine rings is 1. The molecule has 0 radical (unpaired) electrons. The van der Waals surface area contributed by atoms with Gasteiger partial charge in [0.1, 0.15) is 40.8 Å². The molecule has 0 bridgehead atoms. The Balaban J connectivity index is 1.23. The quantitative estimate of drug-likeness (QED) is 0.292. The largest absolute Gasteiger partial charge is 0.383 e. The van der Waals surface area contributed by atoms with E-state index in [1.807, 2.05) is 34.9 Å². The van der Waals surface area contributed by atoms with Crippen LogP contribution in [0.1, 0.15) is 12.8 Å². The fourth-order valence-electron chi connectivity index (χ4n) is 5.86. The zero-order valence-electron chi connectivity index (χ0n) is 20.8. The standard InChI is InChI=1S/C29H24BrN7O2/c30-23-7-4-8-24(34-23)35-29(39)22-13-18-12-21(18)37(22)25(38)14-36-20-10-9-17(16-5-2-1-3-6-16)11-19(20)26-27(31)32-15-33-28(26)36/h1-11,15,18,21-22H,12-14H2,(H2,31,32,33)(H,34,35,39)/t18-,21-,22+/m1/s1. The molecule has 3 atom stereocenters. The molecule has 0 unspecified atom stereocenters. The van der Waals surface area contributed by atoms with E-state index in [1.165, 1.54) is 6.33 Å². The molecule has 2 fully saturated rings. The zero-order valence-corrected chi connectivity index (χ0v) is 22.4. The van der Waals surface area contributed by atoms with Crippen molar-refractivity contribution in [3.63, 3.8) is 0 Å². The third kappa shape index (κ3) is 4.11. The van der Waals surface area contributed by atoms with E-state index in [4.69, 9.17) is 5.73 Å². The molecule has 2 amide bonds. The van der Waals surface area contributed by atoms with Crippen molar-refractivity contribution in [2.24, 2.45) is 5.92 Å². The highest BCUT2D eigenvalue weighted by Crippen LogP contribution is 2.48. The maximum Gasteiger partial charge on any atom is 0.248 e. The van der Waals surface area contributed by atoms with Crippen LogP contribution in [0.2, 0.25) is 0 Å². The van der Waals surface area contributed by atoms with E-state index in [1.54, 1.807) is 23.1 Å². The zero-order chi connectivity index (χ0) is 26.7. The van der Waals surface area contributed by atoms with Gasteiger partial charge in [-0.15, -0.1) is 0 Å². The molecule has 1 aliphatic heterocycles. The number of nitrogens with one attached hydrogen (secondary N) is 1. The van der Waals surface area contributed by atoms with Gasteiger partial charge in [0.05, 0.1) is 10.9 Å². The summed E-state index contributed by atoms with van der Waals surface area (Å²) in [5.74, 6) is 0.826. The number of benzene rings is 2. The molecule has 5 aromatic rings. The number of amides is 2. The molecule has 1 saturated heterocycles. The van der Waals surface area contributed by atoms with Crippen LogP contribution in [0.25, 0.3) is 33.1 Å². The number of hydrogen-bond acceptors (Lipinski definition) is 6. The smallest absolute Gasteiger partial charge is 0.248 e. The molecule has 10 heteroatoms. The third-order valence-corrected chi connectivity index (χ3v) is 8.17. The first-order chi connectivity index (χ1) is 19.0. The molecule has 1 saturated carbocycles. The van der Waals surface area contributed by atoms with Gasteiger partial charge in [-0.1, -0.05) is 42.5 Å². The minimum atomic E-state index is -0.542. The topological polar surface area (TPSA) is 119 Å². The van der Waals surface area contributed by atoms with Gasteiger partial charge in [0.25, 0.3) is 0 Å². The Hall–Kier alpha value is -4.31. The van der Waals surface area contributed by atoms with Crippen molar-refractivity contribution in [3.8, 4) is 11.1 Å². The van der Waals surface area contributed by atoms with Gasteiger partial charge in [-0.25, -0.2) is 15.0 Å². The number of nitrogen functional groups attached to an aromatic ring is 1. The average Bonchev–Trinajstić information content (AvgIpc) is 3.48. The maximum absolute atomic E-state index is 13.9. The monoisotopic (exact) mass is 581 g/mol. The summed E-state index contributed by atoms with van der Waals surface area (Å²) >= 11 is 3.33. The lowest BCUT2D eigenvalue weighted by atomic mass is 10.0. The van der Waals surface area contributed by atoms with Crippen molar-refractivity contribution >= 4 is 61.3 Å². The van der Waals surface area contributed by atoms with E-state index in [0.717, 1.165) is 33.8 Å². The molecule has 2 aromatic carbocycles. The van der Waals surface area contributed by atoms with Crippen LogP contribution in [0.5, 0.6) is 0 Å². The van der Waals surface area contributed by atoms with Crippen LogP contribution in [0.4, 0.5) is 11.6 Å². The summed E-state index contributed by atoms with van der Waals surface area (Å²) in [6, 6.07) is 21.1. The van der Waals surface area contributed by atoms with E-state index >= 15 is 0 Å². The van der Waals surface area contributed by atoms with Crippen molar-refractivity contribution in [2.75, 3.05) is 11.1 Å². The van der Waals surface area contributed by atoms with Gasteiger partial charge in [-0.05, 0) is 70.1 Å². The van der Waals surface area contributed by atoms with Crippen LogP contribution in [0.3, 0.4) is 0 Å². The minimum absolute atomic E-state index is 0.0449. The molecule has 3 N–H and O–H groups in total. The first kappa shape index (κ1) is 23.8. The highest BCUT2D eigenvalue weighted by atomic mass is 79.9. The molecule has 1 aliphatic carbocycles. The van der Waals surface area contributed by atoms with Crippen molar-refractivity contribution in [1.82, 2.24) is 24.4 Å². The molecule has 4 heterocycles. The third-order valence-electron chi connectivity index (χ3n) is 7.73. The van der Waals surface area contributed by atoms with Gasteiger partial charge in [0.2, 0.25) is 11.8 Å². The second kappa shape index (κ2) is 9.16. The molecular weight excluding hydrogens is 558 g/mol. The van der Waals surface area contributed by atoms with Crippen molar-refractivity contribution in [2.45, 2.75) is 31.5 Å². The van der Waals surface area contributed by atoms with Crippen LogP contribution < -0.4 is 11.1 Å². The first-order valence-corrected chi connectivity index (χ1v) is 13.6. The Morgan fingerprint density at radius 2 is 1.85 bits per heavy atom. The van der Waals surface area contributed by atoms with Gasteiger partial charge in [0.15, 0.2) is 0 Å². The summed E-state index contributed by atoms with van der Waals surface area (Å²) in [4.78, 5) is 41.9. The summed E-state index contributed by atoms with van der Waals surface area (Å²) < 4.78 is 2.52. The molecule has 39 heavy (non-hydrogen) atoms. The molecule has 194 valence electrons. The number of pyridine rings is 1. The lowest BCUT2D eigenvalue weighted by Gasteiger charge is -2.27. The Kier molecular flexibility index (Phi) is 5.59. The molecular formula is C29H24BrN7O2. The fraction of sp³-hybridized carbons (Fsp3) is 0.207. The fourth-order valence-corrected chi connectivity index (χ4v) is 6.21.